The first kappa shape index (κ1) is 29.0. The fourth-order valence-electron chi connectivity index (χ4n) is 1.01. The van der Waals surface area contributed by atoms with Crippen LogP contribution in [0.25, 0.3) is 0 Å². The van der Waals surface area contributed by atoms with Crippen molar-refractivity contribution in [3.8, 4) is 11.8 Å². The van der Waals surface area contributed by atoms with Gasteiger partial charge in [-0.25, -0.2) is 4.79 Å². The lowest BCUT2D eigenvalue weighted by molar-refractivity contribution is -0.133. The second kappa shape index (κ2) is 15.5. The SMILES string of the molecule is CC(=O)c1cc(=O)[nH]n1C.CCN.COC(=O)C#CC(C)=O.O=S(=O)(O)O. The highest BCUT2D eigenvalue weighted by Gasteiger charge is 2.03. The summed E-state index contributed by atoms with van der Waals surface area (Å²) in [4.78, 5) is 41.5. The summed E-state index contributed by atoms with van der Waals surface area (Å²) >= 11 is 0. The van der Waals surface area contributed by atoms with Crippen LogP contribution < -0.4 is 11.3 Å². The molecule has 27 heavy (non-hydrogen) atoms. The maximum Gasteiger partial charge on any atom is 0.394 e. The Kier molecular flexibility index (Phi) is 16.6. The number of Topliss-reactive ketones (excluding diaryl/α,β-unsaturated/α-hetero) is 2. The molecule has 0 unspecified atom stereocenters. The van der Waals surface area contributed by atoms with Crippen molar-refractivity contribution < 1.29 is 36.6 Å². The van der Waals surface area contributed by atoms with E-state index in [4.69, 9.17) is 23.3 Å². The maximum atomic E-state index is 10.7. The second-order valence-electron chi connectivity index (χ2n) is 4.27. The number of hydrogen-bond acceptors (Lipinski definition) is 8. The van der Waals surface area contributed by atoms with E-state index in [2.05, 4.69) is 9.84 Å². The van der Waals surface area contributed by atoms with Crippen LogP contribution in [-0.2, 0) is 31.8 Å². The summed E-state index contributed by atoms with van der Waals surface area (Å²) in [6.45, 7) is 5.35. The molecule has 0 aliphatic carbocycles. The molecular formula is C14H23N3O9S. The quantitative estimate of drug-likeness (QED) is 0.111. The molecule has 1 heterocycles. The normalized spacial score (nSPS) is 8.74. The van der Waals surface area contributed by atoms with E-state index in [0.717, 1.165) is 6.54 Å². The van der Waals surface area contributed by atoms with Gasteiger partial charge in [-0.3, -0.25) is 33.3 Å². The molecule has 1 aromatic rings. The third kappa shape index (κ3) is 25.6. The summed E-state index contributed by atoms with van der Waals surface area (Å²) < 4.78 is 37.1. The molecule has 0 spiro atoms. The van der Waals surface area contributed by atoms with Gasteiger partial charge in [-0.05, 0) is 12.5 Å². The lowest BCUT2D eigenvalue weighted by Gasteiger charge is -1.93. The smallest absolute Gasteiger partial charge is 0.394 e. The molecule has 12 nitrogen and oxygen atoms in total. The monoisotopic (exact) mass is 409 g/mol. The van der Waals surface area contributed by atoms with Gasteiger partial charge in [0.05, 0.1) is 7.11 Å². The molecule has 0 aliphatic rings. The van der Waals surface area contributed by atoms with Crippen molar-refractivity contribution in [3.63, 3.8) is 0 Å². The van der Waals surface area contributed by atoms with Crippen molar-refractivity contribution in [3.05, 3.63) is 22.1 Å². The molecule has 5 N–H and O–H groups in total. The minimum Gasteiger partial charge on any atom is -0.459 e. The molecule has 0 aliphatic heterocycles. The zero-order valence-corrected chi connectivity index (χ0v) is 16.3. The van der Waals surface area contributed by atoms with Crippen LogP contribution in [0.5, 0.6) is 0 Å². The molecule has 0 bridgehead atoms. The van der Waals surface area contributed by atoms with Gasteiger partial charge < -0.3 is 10.5 Å². The van der Waals surface area contributed by atoms with Gasteiger partial charge in [-0.1, -0.05) is 6.92 Å². The van der Waals surface area contributed by atoms with E-state index in [-0.39, 0.29) is 17.1 Å². The number of methoxy groups -OCH3 is 1. The average Bonchev–Trinajstić information content (AvgIpc) is 2.83. The van der Waals surface area contributed by atoms with Crippen LogP contribution in [0.15, 0.2) is 10.9 Å². The van der Waals surface area contributed by atoms with Crippen molar-refractivity contribution in [2.45, 2.75) is 20.8 Å². The first-order valence-electron chi connectivity index (χ1n) is 6.96. The summed E-state index contributed by atoms with van der Waals surface area (Å²) in [7, 11) is -1.84. The highest BCUT2D eigenvalue weighted by molar-refractivity contribution is 7.79. The van der Waals surface area contributed by atoms with Crippen LogP contribution in [-0.4, -0.2) is 58.5 Å². The molecule has 0 atom stereocenters. The van der Waals surface area contributed by atoms with Crippen LogP contribution in [0.1, 0.15) is 31.3 Å². The van der Waals surface area contributed by atoms with Crippen molar-refractivity contribution in [1.29, 1.82) is 0 Å². The number of ketones is 2. The fraction of sp³-hybridized carbons (Fsp3) is 0.429. The van der Waals surface area contributed by atoms with E-state index >= 15 is 0 Å². The topological polar surface area (TPSA) is 199 Å². The number of rotatable bonds is 1. The molecule has 0 fully saturated rings. The maximum absolute atomic E-state index is 10.7. The molecule has 0 saturated carbocycles. The number of carbonyl (C=O) groups is 3. The summed E-state index contributed by atoms with van der Waals surface area (Å²) in [5.41, 5.74) is 5.01. The lowest BCUT2D eigenvalue weighted by Crippen LogP contribution is -2.03. The van der Waals surface area contributed by atoms with Gasteiger partial charge in [0.2, 0.25) is 5.78 Å². The molecule has 1 aromatic heterocycles. The highest BCUT2D eigenvalue weighted by atomic mass is 32.3. The molecule has 1 rings (SSSR count). The Morgan fingerprint density at radius 1 is 1.26 bits per heavy atom. The van der Waals surface area contributed by atoms with Crippen molar-refractivity contribution in [2.24, 2.45) is 12.8 Å². The zero-order valence-electron chi connectivity index (χ0n) is 15.5. The van der Waals surface area contributed by atoms with E-state index < -0.39 is 16.4 Å². The van der Waals surface area contributed by atoms with Crippen LogP contribution in [0.4, 0.5) is 0 Å². The number of aromatic amines is 1. The zero-order chi connectivity index (χ0) is 22.2. The Bertz CT molecular complexity index is 818. The van der Waals surface area contributed by atoms with Gasteiger partial charge in [0, 0.05) is 32.9 Å². The van der Waals surface area contributed by atoms with Gasteiger partial charge in [-0.15, -0.1) is 0 Å². The van der Waals surface area contributed by atoms with Gasteiger partial charge in [-0.2, -0.15) is 8.42 Å². The largest absolute Gasteiger partial charge is 0.459 e. The van der Waals surface area contributed by atoms with E-state index in [1.54, 1.807) is 7.05 Å². The number of nitrogens with zero attached hydrogens (tertiary/aromatic N) is 1. The first-order valence-corrected chi connectivity index (χ1v) is 8.36. The Labute approximate surface area is 156 Å². The molecule has 154 valence electrons. The number of ether oxygens (including phenoxy) is 1. The predicted octanol–water partition coefficient (Wildman–Crippen LogP) is -1.02. The van der Waals surface area contributed by atoms with Gasteiger partial charge >= 0.3 is 16.4 Å². The average molecular weight is 409 g/mol. The number of H-pyrrole nitrogens is 1. The molecule has 0 amide bonds. The number of hydrogen-bond donors (Lipinski definition) is 4. The van der Waals surface area contributed by atoms with E-state index in [0.29, 0.717) is 5.69 Å². The Morgan fingerprint density at radius 2 is 1.67 bits per heavy atom. The summed E-state index contributed by atoms with van der Waals surface area (Å²) in [5.74, 6) is 2.86. The Balaban J connectivity index is -0.000000311. The van der Waals surface area contributed by atoms with Crippen molar-refractivity contribution >= 4 is 27.9 Å². The van der Waals surface area contributed by atoms with Gasteiger partial charge in [0.25, 0.3) is 5.56 Å². The number of aromatic nitrogens is 2. The minimum absolute atomic E-state index is 0.110. The summed E-state index contributed by atoms with van der Waals surface area (Å²) in [6.07, 6.45) is 0. The van der Waals surface area contributed by atoms with E-state index in [1.807, 2.05) is 18.8 Å². The number of nitrogens with one attached hydrogen (secondary N) is 1. The molecular weight excluding hydrogens is 386 g/mol. The van der Waals surface area contributed by atoms with E-state index in [1.165, 1.54) is 31.7 Å². The molecule has 0 aromatic carbocycles. The third-order valence-electron chi connectivity index (χ3n) is 1.79. The number of nitrogens with two attached hydrogens (primary N) is 1. The van der Waals surface area contributed by atoms with Gasteiger partial charge in [0.1, 0.15) is 5.69 Å². The number of carbonyl (C=O) groups excluding carboxylic acids is 3. The summed E-state index contributed by atoms with van der Waals surface area (Å²) in [6, 6.07) is 1.28. The van der Waals surface area contributed by atoms with Crippen molar-refractivity contribution in [2.75, 3.05) is 13.7 Å². The summed E-state index contributed by atoms with van der Waals surface area (Å²) in [5, 5.41) is 2.43. The highest BCUT2D eigenvalue weighted by Crippen LogP contribution is 1.91. The van der Waals surface area contributed by atoms with Crippen LogP contribution >= 0.6 is 0 Å². The lowest BCUT2D eigenvalue weighted by atomic mass is 10.3. The Morgan fingerprint density at radius 3 is 1.85 bits per heavy atom. The number of esters is 1. The molecule has 0 radical (unpaired) electrons. The van der Waals surface area contributed by atoms with Crippen LogP contribution in [0.2, 0.25) is 0 Å². The van der Waals surface area contributed by atoms with E-state index in [9.17, 15) is 19.2 Å². The Hall–Kier alpha value is -2.79. The van der Waals surface area contributed by atoms with Crippen LogP contribution in [0, 0.1) is 11.8 Å². The van der Waals surface area contributed by atoms with Crippen molar-refractivity contribution in [1.82, 2.24) is 9.78 Å². The number of aryl methyl sites for hydroxylation is 1. The molecule has 0 saturated heterocycles. The van der Waals surface area contributed by atoms with Gasteiger partial charge in [0.15, 0.2) is 5.78 Å². The first-order chi connectivity index (χ1) is 12.2. The molecule has 13 heteroatoms. The third-order valence-corrected chi connectivity index (χ3v) is 1.79. The predicted molar refractivity (Wildman–Crippen MR) is 95.4 cm³/mol. The van der Waals surface area contributed by atoms with Crippen LogP contribution in [0.3, 0.4) is 0 Å². The second-order valence-corrected chi connectivity index (χ2v) is 5.17. The standard InChI is InChI=1S/C6H8N2O2.C6H6O3.C2H7N.H2O4S/c1-4(9)5-3-6(10)7-8(5)2;1-5(7)3-4-6(8)9-2;1-2-3;1-5(2,3)4/h3H,1-2H3,(H,7,10);1-2H3;2-3H2,1H3;(H2,1,2,3,4). The minimum atomic E-state index is -4.67. The fourth-order valence-corrected chi connectivity index (χ4v) is 1.01.